The van der Waals surface area contributed by atoms with Gasteiger partial charge in [0.2, 0.25) is 0 Å². The van der Waals surface area contributed by atoms with Crippen LogP contribution in [0.2, 0.25) is 10.0 Å². The van der Waals surface area contributed by atoms with Crippen LogP contribution in [0.25, 0.3) is 23.3 Å². The standard InChI is InChI=1S/C23H21.C13H8Cl2.C10H15.2ClH.Zr/c1-22(2)7-5-14-10-18-16(12-20(14)22)9-17-13-21-15(11-19(17)18)6-8-23(21,3)4;14-12-5-1-3-10(8-12)7-11-4-2-6-13(15)9-11;1-8-5-6-9(7-8)10(2,3)4;;;/h5-7,10-13H,9H2,1-4H3;1-6,8-9H;5-7H,1-4H3;2*1H;/q-1;;-1;;;+2/p-2. The van der Waals surface area contributed by atoms with E-state index in [1.165, 1.54) is 83.1 Å². The molecule has 5 heteroatoms. The Labute approximate surface area is 342 Å². The average molecular weight is 830 g/mol. The van der Waals surface area contributed by atoms with Crippen molar-refractivity contribution in [1.82, 2.24) is 0 Å². The number of benzene rings is 4. The van der Waals surface area contributed by atoms with Crippen LogP contribution in [-0.4, -0.2) is 3.21 Å². The number of hydrogen-bond donors (Lipinski definition) is 0. The SMILES string of the molecule is CC1(C)[C-]=Cc2cc3c(cc21)Cc1cc2c(cc1-3)C=CC2(C)C.Cc1cc(C(C)(C)C)c[cH-]1.Clc1cccc([C](=[Zr+2])c2cccc(Cl)c2)c1.[Cl-].[Cl-]. The minimum Gasteiger partial charge on any atom is -1.00 e. The summed E-state index contributed by atoms with van der Waals surface area (Å²) in [7, 11) is 0. The summed E-state index contributed by atoms with van der Waals surface area (Å²) in [6, 6.07) is 32.1. The molecule has 0 saturated carbocycles. The quantitative estimate of drug-likeness (QED) is 0.169. The van der Waals surface area contributed by atoms with Crippen LogP contribution in [0.4, 0.5) is 0 Å². The van der Waals surface area contributed by atoms with Gasteiger partial charge in [-0.15, -0.1) is 11.6 Å². The third kappa shape index (κ3) is 9.06. The fraction of sp³-hybridized carbons (Fsp3) is 0.261. The Morgan fingerprint density at radius 3 is 1.80 bits per heavy atom. The molecule has 0 unspecified atom stereocenters. The van der Waals surface area contributed by atoms with Gasteiger partial charge in [0, 0.05) is 5.41 Å². The monoisotopic (exact) mass is 826 g/mol. The topological polar surface area (TPSA) is 0 Å². The largest absolute Gasteiger partial charge is 1.00 e. The van der Waals surface area contributed by atoms with Crippen molar-refractivity contribution in [3.8, 4) is 11.1 Å². The second kappa shape index (κ2) is 15.9. The minimum absolute atomic E-state index is 0. The summed E-state index contributed by atoms with van der Waals surface area (Å²) in [6.45, 7) is 18.0. The third-order valence-corrected chi connectivity index (χ3v) is 11.7. The molecule has 51 heavy (non-hydrogen) atoms. The van der Waals surface area contributed by atoms with Gasteiger partial charge < -0.3 is 24.8 Å². The number of rotatable bonds is 2. The van der Waals surface area contributed by atoms with E-state index in [9.17, 15) is 0 Å². The molecule has 0 fully saturated rings. The Bertz CT molecular complexity index is 2010. The molecule has 0 nitrogen and oxygen atoms in total. The summed E-state index contributed by atoms with van der Waals surface area (Å²) in [5.41, 5.74) is 17.1. The van der Waals surface area contributed by atoms with Crippen molar-refractivity contribution in [3.05, 3.63) is 169 Å². The van der Waals surface area contributed by atoms with E-state index in [-0.39, 0.29) is 35.6 Å². The van der Waals surface area contributed by atoms with E-state index in [1.807, 2.05) is 36.4 Å². The summed E-state index contributed by atoms with van der Waals surface area (Å²) in [6.07, 6.45) is 11.4. The fourth-order valence-electron chi connectivity index (χ4n) is 6.89. The van der Waals surface area contributed by atoms with Crippen molar-refractivity contribution in [3.63, 3.8) is 0 Å². The van der Waals surface area contributed by atoms with Crippen LogP contribution < -0.4 is 24.8 Å². The maximum atomic E-state index is 5.98. The van der Waals surface area contributed by atoms with E-state index in [2.05, 4.69) is 134 Å². The zero-order chi connectivity index (χ0) is 35.3. The van der Waals surface area contributed by atoms with Gasteiger partial charge in [-0.2, -0.15) is 28.8 Å². The van der Waals surface area contributed by atoms with E-state index in [0.717, 1.165) is 27.6 Å². The van der Waals surface area contributed by atoms with Crippen molar-refractivity contribution in [1.29, 1.82) is 0 Å². The van der Waals surface area contributed by atoms with Crippen LogP contribution in [0.15, 0.2) is 97.1 Å². The van der Waals surface area contributed by atoms with Gasteiger partial charge in [0.15, 0.2) is 0 Å². The first-order valence-corrected chi connectivity index (χ1v) is 19.0. The van der Waals surface area contributed by atoms with E-state index in [0.29, 0.717) is 5.41 Å². The van der Waals surface area contributed by atoms with Gasteiger partial charge in [0.1, 0.15) is 0 Å². The Morgan fingerprint density at radius 1 is 0.765 bits per heavy atom. The molecule has 0 aromatic heterocycles. The van der Waals surface area contributed by atoms with Crippen LogP contribution >= 0.6 is 23.2 Å². The van der Waals surface area contributed by atoms with Gasteiger partial charge >= 0.3 is 120 Å². The Balaban J connectivity index is 0.000000183. The summed E-state index contributed by atoms with van der Waals surface area (Å²) in [5.74, 6) is 0. The first-order valence-electron chi connectivity index (χ1n) is 17.0. The smallest absolute Gasteiger partial charge is 1.00 e. The van der Waals surface area contributed by atoms with Gasteiger partial charge in [-0.05, 0) is 45.9 Å². The van der Waals surface area contributed by atoms with Crippen molar-refractivity contribution in [2.45, 2.75) is 78.1 Å². The number of hydrogen-bond acceptors (Lipinski definition) is 0. The summed E-state index contributed by atoms with van der Waals surface area (Å²) < 4.78 is 1.26. The minimum atomic E-state index is 0. The molecule has 5 aromatic carbocycles. The molecule has 5 aromatic rings. The van der Waals surface area contributed by atoms with Gasteiger partial charge in [0.05, 0.1) is 0 Å². The second-order valence-corrected chi connectivity index (χ2v) is 17.8. The first kappa shape index (κ1) is 41.4. The van der Waals surface area contributed by atoms with Crippen molar-refractivity contribution >= 4 is 38.6 Å². The predicted octanol–water partition coefficient (Wildman–Crippen LogP) is 6.80. The van der Waals surface area contributed by atoms with Crippen molar-refractivity contribution in [2.24, 2.45) is 0 Å². The molecule has 3 aliphatic rings. The molecular weight excluding hydrogens is 786 g/mol. The summed E-state index contributed by atoms with van der Waals surface area (Å²) >= 11 is 13.3. The Hall–Kier alpha value is -2.38. The predicted molar refractivity (Wildman–Crippen MR) is 209 cm³/mol. The Morgan fingerprint density at radius 2 is 1.31 bits per heavy atom. The maximum absolute atomic E-state index is 5.98. The molecule has 0 N–H and O–H groups in total. The van der Waals surface area contributed by atoms with E-state index < -0.39 is 0 Å². The average Bonchev–Trinajstić information content (AvgIpc) is 3.79. The van der Waals surface area contributed by atoms with Gasteiger partial charge in [-0.25, -0.2) is 12.1 Å². The molecule has 0 saturated heterocycles. The molecule has 0 spiro atoms. The zero-order valence-electron chi connectivity index (χ0n) is 30.6. The van der Waals surface area contributed by atoms with Crippen molar-refractivity contribution < 1.29 is 49.0 Å². The van der Waals surface area contributed by atoms with E-state index >= 15 is 0 Å². The molecule has 0 radical (unpaired) electrons. The number of allylic oxidation sites excluding steroid dienone is 2. The molecule has 8 rings (SSSR count). The number of aryl methyl sites for hydroxylation is 1. The molecule has 3 aliphatic carbocycles. The van der Waals surface area contributed by atoms with E-state index in [1.54, 1.807) is 0 Å². The number of halogens is 4. The van der Waals surface area contributed by atoms with Gasteiger partial charge in [-0.1, -0.05) is 90.5 Å². The summed E-state index contributed by atoms with van der Waals surface area (Å²) in [4.78, 5) is 0. The second-order valence-electron chi connectivity index (χ2n) is 15.7. The summed E-state index contributed by atoms with van der Waals surface area (Å²) in [5, 5.41) is 1.53. The van der Waals surface area contributed by atoms with Gasteiger partial charge in [-0.3, -0.25) is 6.08 Å². The molecule has 0 bridgehead atoms. The van der Waals surface area contributed by atoms with Crippen LogP contribution in [0.5, 0.6) is 0 Å². The molecule has 0 amide bonds. The zero-order valence-corrected chi connectivity index (χ0v) is 36.1. The fourth-order valence-corrected chi connectivity index (χ4v) is 8.03. The molecule has 0 heterocycles. The van der Waals surface area contributed by atoms with Gasteiger partial charge in [0.25, 0.3) is 0 Å². The van der Waals surface area contributed by atoms with Crippen LogP contribution in [0, 0.1) is 13.0 Å². The molecule has 0 atom stereocenters. The Kier molecular flexibility index (Phi) is 12.9. The van der Waals surface area contributed by atoms with E-state index in [4.69, 9.17) is 23.2 Å². The van der Waals surface area contributed by atoms with Crippen LogP contribution in [0.3, 0.4) is 0 Å². The first-order chi connectivity index (χ1) is 23.0. The number of fused-ring (bicyclic) bond motifs is 5. The van der Waals surface area contributed by atoms with Crippen molar-refractivity contribution in [2.75, 3.05) is 0 Å². The molecular formula is C46H44Cl4Zr-2. The maximum Gasteiger partial charge on any atom is -1.00 e. The third-order valence-electron chi connectivity index (χ3n) is 9.86. The normalized spacial score (nSPS) is 14.7. The van der Waals surface area contributed by atoms with Crippen LogP contribution in [-0.2, 0) is 46.9 Å². The molecule has 262 valence electrons. The molecule has 0 aliphatic heterocycles. The van der Waals surface area contributed by atoms with Crippen LogP contribution in [0.1, 0.15) is 104 Å².